The van der Waals surface area contributed by atoms with Crippen molar-refractivity contribution in [2.75, 3.05) is 7.05 Å². The summed E-state index contributed by atoms with van der Waals surface area (Å²) in [4.78, 5) is 0. The molecule has 0 amide bonds. The zero-order valence-corrected chi connectivity index (χ0v) is 9.55. The van der Waals surface area contributed by atoms with E-state index < -0.39 is 0 Å². The van der Waals surface area contributed by atoms with Crippen molar-refractivity contribution in [3.8, 4) is 0 Å². The minimum Gasteiger partial charge on any atom is -0.317 e. The number of allylic oxidation sites excluding steroid dienone is 1. The highest BCUT2D eigenvalue weighted by molar-refractivity contribution is 5.06. The molecule has 14 heavy (non-hydrogen) atoms. The maximum absolute atomic E-state index is 3.99. The zero-order valence-electron chi connectivity index (χ0n) is 9.55. The second-order valence-corrected chi connectivity index (χ2v) is 5.23. The first-order chi connectivity index (χ1) is 6.74. The van der Waals surface area contributed by atoms with E-state index in [4.69, 9.17) is 0 Å². The monoisotopic (exact) mass is 193 g/mol. The van der Waals surface area contributed by atoms with Gasteiger partial charge in [0.2, 0.25) is 0 Å². The summed E-state index contributed by atoms with van der Waals surface area (Å²) in [6, 6.07) is 0.766. The molecule has 2 saturated carbocycles. The molecule has 0 aromatic carbocycles. The van der Waals surface area contributed by atoms with E-state index in [2.05, 4.69) is 25.9 Å². The Hall–Kier alpha value is -0.300. The van der Waals surface area contributed by atoms with Crippen molar-refractivity contribution < 1.29 is 0 Å². The molecule has 2 rings (SSSR count). The highest BCUT2D eigenvalue weighted by Gasteiger charge is 2.55. The van der Waals surface area contributed by atoms with Crippen LogP contribution >= 0.6 is 0 Å². The molecule has 2 fully saturated rings. The first-order valence-electron chi connectivity index (χ1n) is 6.05. The molecular formula is C13H23N. The lowest BCUT2D eigenvalue weighted by atomic mass is 9.98. The minimum atomic E-state index is 0.766. The molecular weight excluding hydrogens is 170 g/mol. The number of hydrogen-bond acceptors (Lipinski definition) is 1. The van der Waals surface area contributed by atoms with Crippen LogP contribution < -0.4 is 5.32 Å². The first kappa shape index (κ1) is 10.2. The van der Waals surface area contributed by atoms with Gasteiger partial charge in [0.1, 0.15) is 0 Å². The van der Waals surface area contributed by atoms with Gasteiger partial charge in [-0.3, -0.25) is 0 Å². The van der Waals surface area contributed by atoms with Gasteiger partial charge in [0, 0.05) is 6.04 Å². The molecule has 0 aliphatic heterocycles. The predicted molar refractivity (Wildman–Crippen MR) is 61.2 cm³/mol. The number of rotatable bonds is 5. The fourth-order valence-corrected chi connectivity index (χ4v) is 3.40. The Kier molecular flexibility index (Phi) is 2.96. The van der Waals surface area contributed by atoms with Crippen LogP contribution in [0.25, 0.3) is 0 Å². The Morgan fingerprint density at radius 1 is 1.43 bits per heavy atom. The first-order valence-corrected chi connectivity index (χ1v) is 6.05. The van der Waals surface area contributed by atoms with Crippen molar-refractivity contribution in [3.63, 3.8) is 0 Å². The topological polar surface area (TPSA) is 12.0 Å². The third-order valence-electron chi connectivity index (χ3n) is 4.19. The summed E-state index contributed by atoms with van der Waals surface area (Å²) in [6.07, 6.45) is 6.98. The van der Waals surface area contributed by atoms with Gasteiger partial charge in [-0.2, -0.15) is 0 Å². The Bertz CT molecular complexity index is 211. The van der Waals surface area contributed by atoms with Gasteiger partial charge >= 0.3 is 0 Å². The lowest BCUT2D eigenvalue weighted by molar-refractivity contribution is 0.408. The molecule has 2 aliphatic carbocycles. The van der Waals surface area contributed by atoms with Gasteiger partial charge < -0.3 is 5.32 Å². The largest absolute Gasteiger partial charge is 0.317 e. The van der Waals surface area contributed by atoms with Crippen LogP contribution in [0.5, 0.6) is 0 Å². The van der Waals surface area contributed by atoms with E-state index in [1.54, 1.807) is 0 Å². The molecule has 80 valence electrons. The normalized spacial score (nSPS) is 36.6. The summed E-state index contributed by atoms with van der Waals surface area (Å²) < 4.78 is 0. The molecule has 0 saturated heterocycles. The Morgan fingerprint density at radius 3 is 2.57 bits per heavy atom. The molecule has 0 heterocycles. The molecule has 1 heteroatoms. The van der Waals surface area contributed by atoms with Crippen LogP contribution in [-0.4, -0.2) is 13.1 Å². The van der Waals surface area contributed by atoms with Crippen LogP contribution in [0, 0.1) is 17.8 Å². The van der Waals surface area contributed by atoms with E-state index in [9.17, 15) is 0 Å². The molecule has 0 aromatic heterocycles. The van der Waals surface area contributed by atoms with Crippen LogP contribution in [0.2, 0.25) is 0 Å². The molecule has 1 nitrogen and oxygen atoms in total. The summed E-state index contributed by atoms with van der Waals surface area (Å²) in [5, 5.41) is 3.51. The van der Waals surface area contributed by atoms with E-state index >= 15 is 0 Å². The Balaban J connectivity index is 1.79. The van der Waals surface area contributed by atoms with Crippen molar-refractivity contribution >= 4 is 0 Å². The SMILES string of the molecule is C=C(C)CCC(NC)C1C2CCCC21. The lowest BCUT2D eigenvalue weighted by Crippen LogP contribution is -2.29. The molecule has 3 atom stereocenters. The number of hydrogen-bond donors (Lipinski definition) is 1. The molecule has 3 unspecified atom stereocenters. The molecule has 1 N–H and O–H groups in total. The van der Waals surface area contributed by atoms with Gasteiger partial charge in [-0.15, -0.1) is 6.58 Å². The Morgan fingerprint density at radius 2 is 2.07 bits per heavy atom. The van der Waals surface area contributed by atoms with E-state index in [-0.39, 0.29) is 0 Å². The third kappa shape index (κ3) is 1.88. The maximum atomic E-state index is 3.99. The fourth-order valence-electron chi connectivity index (χ4n) is 3.40. The number of fused-ring (bicyclic) bond motifs is 1. The van der Waals surface area contributed by atoms with Gasteiger partial charge in [-0.1, -0.05) is 12.0 Å². The van der Waals surface area contributed by atoms with E-state index in [1.807, 2.05) is 0 Å². The van der Waals surface area contributed by atoms with Gasteiger partial charge in [-0.05, 0) is 57.4 Å². The number of nitrogens with one attached hydrogen (secondary N) is 1. The molecule has 2 aliphatic rings. The average molecular weight is 193 g/mol. The van der Waals surface area contributed by atoms with Crippen LogP contribution in [0.1, 0.15) is 39.0 Å². The standard InChI is InChI=1S/C13H23N/c1-9(2)7-8-12(14-3)13-10-5-4-6-11(10)13/h10-14H,1,4-8H2,2-3H3. The van der Waals surface area contributed by atoms with Crippen molar-refractivity contribution in [2.24, 2.45) is 17.8 Å². The van der Waals surface area contributed by atoms with Crippen molar-refractivity contribution in [2.45, 2.75) is 45.1 Å². The van der Waals surface area contributed by atoms with Crippen molar-refractivity contribution in [1.29, 1.82) is 0 Å². The second kappa shape index (κ2) is 4.06. The molecule has 0 aromatic rings. The predicted octanol–water partition coefficient (Wildman–Crippen LogP) is 2.98. The maximum Gasteiger partial charge on any atom is 0.0101 e. The van der Waals surface area contributed by atoms with Crippen LogP contribution in [0.3, 0.4) is 0 Å². The van der Waals surface area contributed by atoms with Gasteiger partial charge in [-0.25, -0.2) is 0 Å². The summed E-state index contributed by atoms with van der Waals surface area (Å²) >= 11 is 0. The van der Waals surface area contributed by atoms with Gasteiger partial charge in [0.25, 0.3) is 0 Å². The highest BCUT2D eigenvalue weighted by atomic mass is 14.9. The zero-order chi connectivity index (χ0) is 10.1. The summed E-state index contributed by atoms with van der Waals surface area (Å²) in [5.74, 6) is 3.17. The highest BCUT2D eigenvalue weighted by Crippen LogP contribution is 2.59. The summed E-state index contributed by atoms with van der Waals surface area (Å²) in [5.41, 5.74) is 1.33. The van der Waals surface area contributed by atoms with Crippen LogP contribution in [-0.2, 0) is 0 Å². The summed E-state index contributed by atoms with van der Waals surface area (Å²) in [6.45, 7) is 6.12. The minimum absolute atomic E-state index is 0.766. The Labute approximate surface area is 88.0 Å². The van der Waals surface area contributed by atoms with Gasteiger partial charge in [0.05, 0.1) is 0 Å². The van der Waals surface area contributed by atoms with Crippen LogP contribution in [0.4, 0.5) is 0 Å². The third-order valence-corrected chi connectivity index (χ3v) is 4.19. The van der Waals surface area contributed by atoms with Crippen molar-refractivity contribution in [1.82, 2.24) is 5.32 Å². The van der Waals surface area contributed by atoms with E-state index in [0.717, 1.165) is 23.8 Å². The van der Waals surface area contributed by atoms with Crippen molar-refractivity contribution in [3.05, 3.63) is 12.2 Å². The molecule has 0 bridgehead atoms. The van der Waals surface area contributed by atoms with E-state index in [1.165, 1.54) is 37.7 Å². The average Bonchev–Trinajstić information content (AvgIpc) is 2.63. The van der Waals surface area contributed by atoms with Crippen LogP contribution in [0.15, 0.2) is 12.2 Å². The van der Waals surface area contributed by atoms with Gasteiger partial charge in [0.15, 0.2) is 0 Å². The lowest BCUT2D eigenvalue weighted by Gasteiger charge is -2.18. The molecule has 0 spiro atoms. The second-order valence-electron chi connectivity index (χ2n) is 5.23. The van der Waals surface area contributed by atoms with E-state index in [0.29, 0.717) is 0 Å². The quantitative estimate of drug-likeness (QED) is 0.662. The molecule has 0 radical (unpaired) electrons. The smallest absolute Gasteiger partial charge is 0.0101 e. The summed E-state index contributed by atoms with van der Waals surface area (Å²) in [7, 11) is 2.12. The fraction of sp³-hybridized carbons (Fsp3) is 0.846.